The van der Waals surface area contributed by atoms with E-state index in [1.54, 1.807) is 29.1 Å². The van der Waals surface area contributed by atoms with Gasteiger partial charge in [-0.25, -0.2) is 9.48 Å². The number of carbonyl (C=O) groups is 1. The van der Waals surface area contributed by atoms with Crippen molar-refractivity contribution in [1.82, 2.24) is 15.1 Å². The molecule has 2 aromatic heterocycles. The number of urea groups is 1. The zero-order valence-electron chi connectivity index (χ0n) is 13.8. The number of aromatic nitrogens is 2. The molecule has 130 valence electrons. The molecule has 0 unspecified atom stereocenters. The van der Waals surface area contributed by atoms with Crippen LogP contribution in [0.4, 0.5) is 10.5 Å². The predicted molar refractivity (Wildman–Crippen MR) is 93.5 cm³/mol. The summed E-state index contributed by atoms with van der Waals surface area (Å²) in [5.74, 6) is 0.487. The van der Waals surface area contributed by atoms with E-state index in [1.165, 1.54) is 6.26 Å². The summed E-state index contributed by atoms with van der Waals surface area (Å²) in [5.41, 5.74) is 1.51. The van der Waals surface area contributed by atoms with E-state index in [4.69, 9.17) is 4.42 Å². The third kappa shape index (κ3) is 4.48. The van der Waals surface area contributed by atoms with Crippen LogP contribution in [0, 0.1) is 0 Å². The van der Waals surface area contributed by atoms with Crippen LogP contribution in [0.1, 0.15) is 25.2 Å². The van der Waals surface area contributed by atoms with E-state index in [2.05, 4.69) is 15.7 Å². The molecule has 0 saturated carbocycles. The van der Waals surface area contributed by atoms with Gasteiger partial charge in [0.25, 0.3) is 0 Å². The number of aliphatic hydroxyl groups excluding tert-OH is 1. The Kier molecular flexibility index (Phi) is 5.15. The van der Waals surface area contributed by atoms with Gasteiger partial charge in [-0.05, 0) is 43.3 Å². The highest BCUT2D eigenvalue weighted by Crippen LogP contribution is 2.18. The Morgan fingerprint density at radius 3 is 2.92 bits per heavy atom. The average Bonchev–Trinajstić information content (AvgIpc) is 3.28. The number of furan rings is 1. The Morgan fingerprint density at radius 2 is 2.20 bits per heavy atom. The number of nitrogens with one attached hydrogen (secondary N) is 2. The van der Waals surface area contributed by atoms with Gasteiger partial charge in [0.2, 0.25) is 0 Å². The topological polar surface area (TPSA) is 92.3 Å². The second-order valence-electron chi connectivity index (χ2n) is 5.77. The van der Waals surface area contributed by atoms with Gasteiger partial charge >= 0.3 is 6.03 Å². The highest BCUT2D eigenvalue weighted by Gasteiger charge is 2.16. The number of hydrogen-bond donors (Lipinski definition) is 3. The lowest BCUT2D eigenvalue weighted by Gasteiger charge is -2.17. The molecular formula is C18H20N4O3. The van der Waals surface area contributed by atoms with Crippen LogP contribution in [0.2, 0.25) is 0 Å². The summed E-state index contributed by atoms with van der Waals surface area (Å²) in [4.78, 5) is 12.1. The molecule has 3 N–H and O–H groups in total. The maximum Gasteiger partial charge on any atom is 0.319 e. The van der Waals surface area contributed by atoms with E-state index in [0.717, 1.165) is 5.69 Å². The quantitative estimate of drug-likeness (QED) is 0.643. The SMILES string of the molecule is C[C@H](C[C@@H](O)c1ccco1)NC(=O)Nc1cccc(-n2cccn2)c1. The Balaban J connectivity index is 1.54. The summed E-state index contributed by atoms with van der Waals surface area (Å²) in [7, 11) is 0. The zero-order valence-corrected chi connectivity index (χ0v) is 13.8. The molecule has 25 heavy (non-hydrogen) atoms. The van der Waals surface area contributed by atoms with Crippen LogP contribution < -0.4 is 10.6 Å². The number of amides is 2. The zero-order chi connectivity index (χ0) is 17.6. The van der Waals surface area contributed by atoms with Crippen LogP contribution in [-0.4, -0.2) is 27.0 Å². The van der Waals surface area contributed by atoms with Crippen molar-refractivity contribution in [3.63, 3.8) is 0 Å². The van der Waals surface area contributed by atoms with Crippen LogP contribution >= 0.6 is 0 Å². The molecule has 7 heteroatoms. The molecule has 0 radical (unpaired) electrons. The molecule has 3 aromatic rings. The minimum absolute atomic E-state index is 0.227. The molecular weight excluding hydrogens is 320 g/mol. The predicted octanol–water partition coefficient (Wildman–Crippen LogP) is 3.10. The highest BCUT2D eigenvalue weighted by atomic mass is 16.4. The van der Waals surface area contributed by atoms with Gasteiger partial charge in [0.15, 0.2) is 0 Å². The largest absolute Gasteiger partial charge is 0.467 e. The molecule has 3 rings (SSSR count). The third-order valence-corrected chi connectivity index (χ3v) is 3.70. The van der Waals surface area contributed by atoms with E-state index >= 15 is 0 Å². The Hall–Kier alpha value is -3.06. The van der Waals surface area contributed by atoms with Crippen molar-refractivity contribution in [3.05, 3.63) is 66.9 Å². The lowest BCUT2D eigenvalue weighted by Crippen LogP contribution is -2.37. The summed E-state index contributed by atoms with van der Waals surface area (Å²) < 4.78 is 6.87. The first kappa shape index (κ1) is 16.8. The van der Waals surface area contributed by atoms with Crippen LogP contribution in [0.3, 0.4) is 0 Å². The fourth-order valence-corrected chi connectivity index (χ4v) is 2.53. The van der Waals surface area contributed by atoms with Crippen molar-refractivity contribution in [2.45, 2.75) is 25.5 Å². The van der Waals surface area contributed by atoms with E-state index in [1.807, 2.05) is 37.4 Å². The summed E-state index contributed by atoms with van der Waals surface area (Å²) in [6, 6.07) is 12.1. The number of nitrogens with zero attached hydrogens (tertiary/aromatic N) is 2. The van der Waals surface area contributed by atoms with Gasteiger partial charge in [0, 0.05) is 30.5 Å². The maximum absolute atomic E-state index is 12.1. The van der Waals surface area contributed by atoms with Crippen LogP contribution in [0.5, 0.6) is 0 Å². The lowest BCUT2D eigenvalue weighted by molar-refractivity contribution is 0.130. The van der Waals surface area contributed by atoms with Gasteiger partial charge in [-0.1, -0.05) is 6.07 Å². The minimum Gasteiger partial charge on any atom is -0.467 e. The summed E-state index contributed by atoms with van der Waals surface area (Å²) in [6.07, 6.45) is 4.63. The molecule has 2 atom stereocenters. The van der Waals surface area contributed by atoms with Crippen molar-refractivity contribution in [2.75, 3.05) is 5.32 Å². The molecule has 0 aliphatic heterocycles. The Morgan fingerprint density at radius 1 is 1.32 bits per heavy atom. The van der Waals surface area contributed by atoms with Gasteiger partial charge in [0.1, 0.15) is 11.9 Å². The molecule has 0 aliphatic rings. The first-order valence-corrected chi connectivity index (χ1v) is 8.01. The molecule has 7 nitrogen and oxygen atoms in total. The number of aliphatic hydroxyl groups is 1. The van der Waals surface area contributed by atoms with Gasteiger partial charge in [-0.15, -0.1) is 0 Å². The Bertz CT molecular complexity index is 800. The molecule has 2 heterocycles. The van der Waals surface area contributed by atoms with Gasteiger partial charge in [0.05, 0.1) is 12.0 Å². The summed E-state index contributed by atoms with van der Waals surface area (Å²) >= 11 is 0. The van der Waals surface area contributed by atoms with Gasteiger partial charge in [-0.2, -0.15) is 5.10 Å². The first-order valence-electron chi connectivity index (χ1n) is 8.01. The average molecular weight is 340 g/mol. The molecule has 1 aromatic carbocycles. The molecule has 0 fully saturated rings. The van der Waals surface area contributed by atoms with Crippen LogP contribution in [0.15, 0.2) is 65.5 Å². The van der Waals surface area contributed by atoms with Crippen molar-refractivity contribution in [1.29, 1.82) is 0 Å². The molecule has 0 aliphatic carbocycles. The van der Waals surface area contributed by atoms with E-state index in [0.29, 0.717) is 17.9 Å². The van der Waals surface area contributed by atoms with E-state index in [9.17, 15) is 9.90 Å². The highest BCUT2D eigenvalue weighted by molar-refractivity contribution is 5.89. The third-order valence-electron chi connectivity index (χ3n) is 3.70. The molecule has 0 spiro atoms. The van der Waals surface area contributed by atoms with Crippen molar-refractivity contribution in [2.24, 2.45) is 0 Å². The van der Waals surface area contributed by atoms with Crippen molar-refractivity contribution < 1.29 is 14.3 Å². The summed E-state index contributed by atoms with van der Waals surface area (Å²) in [5, 5.41) is 19.8. The standard InChI is InChI=1S/C18H20N4O3/c1-13(11-16(23)17-7-3-10-25-17)20-18(24)21-14-5-2-6-15(12-14)22-9-4-8-19-22/h2-10,12-13,16,23H,11H2,1H3,(H2,20,21,24)/t13-,16-/m1/s1. The van der Waals surface area contributed by atoms with Gasteiger partial charge < -0.3 is 20.2 Å². The maximum atomic E-state index is 12.1. The van der Waals surface area contributed by atoms with E-state index < -0.39 is 6.10 Å². The lowest BCUT2D eigenvalue weighted by atomic mass is 10.1. The van der Waals surface area contributed by atoms with Crippen LogP contribution in [-0.2, 0) is 0 Å². The fraction of sp³-hybridized carbons (Fsp3) is 0.222. The second-order valence-corrected chi connectivity index (χ2v) is 5.77. The van der Waals surface area contributed by atoms with Crippen molar-refractivity contribution >= 4 is 11.7 Å². The number of benzene rings is 1. The smallest absolute Gasteiger partial charge is 0.319 e. The number of rotatable bonds is 6. The Labute approximate surface area is 145 Å². The van der Waals surface area contributed by atoms with Crippen LogP contribution in [0.25, 0.3) is 5.69 Å². The monoisotopic (exact) mass is 340 g/mol. The first-order chi connectivity index (χ1) is 12.1. The minimum atomic E-state index is -0.756. The normalized spacial score (nSPS) is 13.2. The molecule has 0 saturated heterocycles. The number of carbonyl (C=O) groups excluding carboxylic acids is 1. The van der Waals surface area contributed by atoms with Gasteiger partial charge in [-0.3, -0.25) is 0 Å². The van der Waals surface area contributed by atoms with Crippen molar-refractivity contribution in [3.8, 4) is 5.69 Å². The number of anilines is 1. The number of hydrogen-bond acceptors (Lipinski definition) is 4. The summed E-state index contributed by atoms with van der Waals surface area (Å²) in [6.45, 7) is 1.83. The fourth-order valence-electron chi connectivity index (χ4n) is 2.53. The second kappa shape index (κ2) is 7.67. The van der Waals surface area contributed by atoms with E-state index in [-0.39, 0.29) is 12.1 Å². The molecule has 0 bridgehead atoms. The molecule has 2 amide bonds.